The Hall–Kier alpha value is -1.78. The minimum Gasteiger partial charge on any atom is -0.394 e. The van der Waals surface area contributed by atoms with Crippen LogP contribution >= 0.6 is 0 Å². The number of hydrogen-bond acceptors (Lipinski definition) is 8. The summed E-state index contributed by atoms with van der Waals surface area (Å²) in [6.07, 6.45) is -1.15. The largest absolute Gasteiger partial charge is 0.394 e. The van der Waals surface area contributed by atoms with Crippen molar-refractivity contribution in [2.75, 3.05) is 12.3 Å². The van der Waals surface area contributed by atoms with Gasteiger partial charge in [-0.2, -0.15) is 0 Å². The lowest BCUT2D eigenvalue weighted by Crippen LogP contribution is -2.33. The number of aliphatic hydroxyl groups is 3. The zero-order valence-electron chi connectivity index (χ0n) is 11.1. The summed E-state index contributed by atoms with van der Waals surface area (Å²) in [4.78, 5) is 8.07. The second kappa shape index (κ2) is 5.20. The molecule has 2 aromatic rings. The first kappa shape index (κ1) is 14.2. The molecule has 7 N–H and O–H groups in total. The number of nitrogens with two attached hydrogens (primary N) is 2. The summed E-state index contributed by atoms with van der Waals surface area (Å²) in [7, 11) is 0. The van der Waals surface area contributed by atoms with Crippen molar-refractivity contribution in [2.45, 2.75) is 31.1 Å². The van der Waals surface area contributed by atoms with Crippen LogP contribution in [0.15, 0.2) is 12.5 Å². The van der Waals surface area contributed by atoms with E-state index >= 15 is 0 Å². The molecular formula is C12H17N5O4. The summed E-state index contributed by atoms with van der Waals surface area (Å²) in [5, 5.41) is 29.7. The van der Waals surface area contributed by atoms with Crippen LogP contribution in [0.1, 0.15) is 11.8 Å². The third kappa shape index (κ3) is 2.06. The van der Waals surface area contributed by atoms with E-state index in [0.717, 1.165) is 0 Å². The summed E-state index contributed by atoms with van der Waals surface area (Å²) in [6.45, 7) is -0.176. The van der Waals surface area contributed by atoms with E-state index in [1.165, 1.54) is 6.33 Å². The van der Waals surface area contributed by atoms with Gasteiger partial charge in [0.15, 0.2) is 6.23 Å². The molecular weight excluding hydrogens is 278 g/mol. The molecule has 3 rings (SSSR count). The van der Waals surface area contributed by atoms with Crippen LogP contribution in [0.3, 0.4) is 0 Å². The third-order valence-electron chi connectivity index (χ3n) is 3.73. The number of nitrogen functional groups attached to an aromatic ring is 1. The van der Waals surface area contributed by atoms with Crippen molar-refractivity contribution >= 4 is 16.9 Å². The van der Waals surface area contributed by atoms with Crippen LogP contribution in [0.2, 0.25) is 0 Å². The van der Waals surface area contributed by atoms with Crippen molar-refractivity contribution in [1.29, 1.82) is 0 Å². The van der Waals surface area contributed by atoms with E-state index < -0.39 is 31.1 Å². The van der Waals surface area contributed by atoms with Crippen LogP contribution in [-0.2, 0) is 11.3 Å². The summed E-state index contributed by atoms with van der Waals surface area (Å²) in [5.41, 5.74) is 12.7. The first-order valence-electron chi connectivity index (χ1n) is 6.51. The Labute approximate surface area is 119 Å². The monoisotopic (exact) mass is 295 g/mol. The van der Waals surface area contributed by atoms with E-state index in [1.807, 2.05) is 0 Å². The molecule has 0 radical (unpaired) electrons. The number of aliphatic hydroxyl groups excluding tert-OH is 3. The Kier molecular flexibility index (Phi) is 3.51. The van der Waals surface area contributed by atoms with Crippen molar-refractivity contribution in [1.82, 2.24) is 14.5 Å². The maximum atomic E-state index is 10.1. The van der Waals surface area contributed by atoms with Crippen LogP contribution < -0.4 is 11.5 Å². The maximum Gasteiger partial charge on any atom is 0.164 e. The molecule has 0 aromatic carbocycles. The SMILES string of the molecule is NCc1cn([C@H]2O[C@@H](CO)[C@@H](O)[C@@H]2O)c2ncnc(N)c12. The number of aromatic nitrogens is 3. The van der Waals surface area contributed by atoms with Gasteiger partial charge in [-0.1, -0.05) is 0 Å². The van der Waals surface area contributed by atoms with Gasteiger partial charge < -0.3 is 36.1 Å². The van der Waals surface area contributed by atoms with Gasteiger partial charge in [-0.05, 0) is 5.56 Å². The molecule has 1 aliphatic heterocycles. The third-order valence-corrected chi connectivity index (χ3v) is 3.73. The second-order valence-corrected chi connectivity index (χ2v) is 4.95. The number of ether oxygens (including phenoxy) is 1. The summed E-state index contributed by atoms with van der Waals surface area (Å²) in [6, 6.07) is 0. The van der Waals surface area contributed by atoms with E-state index in [0.29, 0.717) is 16.6 Å². The quantitative estimate of drug-likeness (QED) is 0.439. The molecule has 4 atom stereocenters. The van der Waals surface area contributed by atoms with Crippen molar-refractivity contribution < 1.29 is 20.1 Å². The number of anilines is 1. The smallest absolute Gasteiger partial charge is 0.164 e. The van der Waals surface area contributed by atoms with E-state index in [1.54, 1.807) is 10.8 Å². The van der Waals surface area contributed by atoms with Crippen LogP contribution in [-0.4, -0.2) is 54.8 Å². The van der Waals surface area contributed by atoms with E-state index in [9.17, 15) is 10.2 Å². The van der Waals surface area contributed by atoms with Gasteiger partial charge in [-0.15, -0.1) is 0 Å². The fraction of sp³-hybridized carbons (Fsp3) is 0.500. The van der Waals surface area contributed by atoms with Crippen molar-refractivity contribution in [2.24, 2.45) is 5.73 Å². The highest BCUT2D eigenvalue weighted by Crippen LogP contribution is 2.34. The number of rotatable bonds is 3. The van der Waals surface area contributed by atoms with Crippen LogP contribution in [0.25, 0.3) is 11.0 Å². The van der Waals surface area contributed by atoms with Gasteiger partial charge in [0.05, 0.1) is 12.0 Å². The molecule has 0 aliphatic carbocycles. The Morgan fingerprint density at radius 2 is 2.05 bits per heavy atom. The Morgan fingerprint density at radius 1 is 1.29 bits per heavy atom. The zero-order valence-corrected chi connectivity index (χ0v) is 11.1. The van der Waals surface area contributed by atoms with Crippen LogP contribution in [0.4, 0.5) is 5.82 Å². The molecule has 21 heavy (non-hydrogen) atoms. The molecule has 0 bridgehead atoms. The van der Waals surface area contributed by atoms with E-state index in [-0.39, 0.29) is 12.4 Å². The van der Waals surface area contributed by atoms with Crippen molar-refractivity contribution in [3.8, 4) is 0 Å². The lowest BCUT2D eigenvalue weighted by molar-refractivity contribution is -0.0509. The molecule has 0 spiro atoms. The fourth-order valence-corrected chi connectivity index (χ4v) is 2.65. The Morgan fingerprint density at radius 3 is 2.67 bits per heavy atom. The second-order valence-electron chi connectivity index (χ2n) is 4.95. The molecule has 114 valence electrons. The predicted octanol–water partition coefficient (Wildman–Crippen LogP) is -1.92. The highest BCUT2D eigenvalue weighted by atomic mass is 16.6. The Balaban J connectivity index is 2.11. The van der Waals surface area contributed by atoms with Gasteiger partial charge in [-0.25, -0.2) is 9.97 Å². The molecule has 1 saturated heterocycles. The lowest BCUT2D eigenvalue weighted by atomic mass is 10.1. The average Bonchev–Trinajstić information content (AvgIpc) is 2.99. The number of fused-ring (bicyclic) bond motifs is 1. The van der Waals surface area contributed by atoms with Crippen molar-refractivity contribution in [3.05, 3.63) is 18.1 Å². The van der Waals surface area contributed by atoms with Crippen LogP contribution in [0.5, 0.6) is 0 Å². The summed E-state index contributed by atoms with van der Waals surface area (Å²) in [5.74, 6) is 0.283. The summed E-state index contributed by atoms with van der Waals surface area (Å²) >= 11 is 0. The van der Waals surface area contributed by atoms with Gasteiger partial charge in [-0.3, -0.25) is 0 Å². The fourth-order valence-electron chi connectivity index (χ4n) is 2.65. The molecule has 0 amide bonds. The highest BCUT2D eigenvalue weighted by Gasteiger charge is 2.44. The first-order chi connectivity index (χ1) is 10.1. The molecule has 9 heteroatoms. The molecule has 3 heterocycles. The molecule has 0 unspecified atom stereocenters. The number of nitrogens with zero attached hydrogens (tertiary/aromatic N) is 3. The van der Waals surface area contributed by atoms with Gasteiger partial charge in [0.25, 0.3) is 0 Å². The van der Waals surface area contributed by atoms with E-state index in [2.05, 4.69) is 9.97 Å². The molecule has 2 aromatic heterocycles. The van der Waals surface area contributed by atoms with E-state index in [4.69, 9.17) is 21.3 Å². The minimum atomic E-state index is -1.19. The van der Waals surface area contributed by atoms with Gasteiger partial charge in [0.2, 0.25) is 0 Å². The molecule has 1 fully saturated rings. The minimum absolute atomic E-state index is 0.218. The van der Waals surface area contributed by atoms with Gasteiger partial charge in [0.1, 0.15) is 36.1 Å². The maximum absolute atomic E-state index is 10.1. The molecule has 1 aliphatic rings. The lowest BCUT2D eigenvalue weighted by Gasteiger charge is -2.17. The highest BCUT2D eigenvalue weighted by molar-refractivity contribution is 5.89. The first-order valence-corrected chi connectivity index (χ1v) is 6.51. The summed E-state index contributed by atoms with van der Waals surface area (Å²) < 4.78 is 7.05. The normalized spacial score (nSPS) is 29.3. The number of hydrogen-bond donors (Lipinski definition) is 5. The Bertz CT molecular complexity index is 660. The van der Waals surface area contributed by atoms with Crippen LogP contribution in [0, 0.1) is 0 Å². The molecule has 9 nitrogen and oxygen atoms in total. The zero-order chi connectivity index (χ0) is 15.1. The average molecular weight is 295 g/mol. The van der Waals surface area contributed by atoms with Crippen molar-refractivity contribution in [3.63, 3.8) is 0 Å². The topological polar surface area (TPSA) is 153 Å². The van der Waals surface area contributed by atoms with Gasteiger partial charge >= 0.3 is 0 Å². The van der Waals surface area contributed by atoms with Gasteiger partial charge in [0, 0.05) is 12.7 Å². The predicted molar refractivity (Wildman–Crippen MR) is 72.8 cm³/mol. The standard InChI is InChI=1S/C12H17N5O4/c13-1-5-2-17(11-7(5)10(14)15-4-16-11)12-9(20)8(19)6(3-18)21-12/h2,4,6,8-9,12,18-20H,1,3,13H2,(H2,14,15,16)/t6-,8+,9-,12-/m0/s1. The molecule has 0 saturated carbocycles.